The summed E-state index contributed by atoms with van der Waals surface area (Å²) in [5, 5.41) is 1.01. The lowest BCUT2D eigenvalue weighted by Gasteiger charge is -2.34. The fraction of sp³-hybridized carbons (Fsp3) is 0.200. The molecule has 216 valence electrons. The molecule has 0 fully saturated rings. The molecule has 0 aliphatic carbocycles. The van der Waals surface area contributed by atoms with E-state index < -0.39 is 23.9 Å². The van der Waals surface area contributed by atoms with Gasteiger partial charge in [-0.25, -0.2) is 0 Å². The van der Waals surface area contributed by atoms with Crippen molar-refractivity contribution in [3.8, 4) is 11.3 Å². The summed E-state index contributed by atoms with van der Waals surface area (Å²) in [6.45, 7) is 4.03. The quantitative estimate of drug-likeness (QED) is 0.246. The van der Waals surface area contributed by atoms with Crippen LogP contribution < -0.4 is 10.9 Å². The lowest BCUT2D eigenvalue weighted by molar-refractivity contribution is -0.127. The van der Waals surface area contributed by atoms with Gasteiger partial charge in [0, 0.05) is 35.3 Å². The third kappa shape index (κ3) is 5.05. The first kappa shape index (κ1) is 27.9. The molecule has 2 aromatic heterocycles. The van der Waals surface area contributed by atoms with Gasteiger partial charge in [0.15, 0.2) is 0 Å². The number of pyridine rings is 1. The average molecular weight is 572 g/mol. The number of nitrogens with zero attached hydrogens (tertiary/aromatic N) is 3. The molecule has 0 bridgehead atoms. The average Bonchev–Trinajstić information content (AvgIpc) is 3.49. The van der Waals surface area contributed by atoms with E-state index in [2.05, 4.69) is 44.7 Å². The van der Waals surface area contributed by atoms with Crippen LogP contribution >= 0.6 is 0 Å². The number of amides is 3. The number of fused-ring (bicyclic) bond motifs is 2. The number of hydrogen-bond acceptors (Lipinski definition) is 4. The zero-order chi connectivity index (χ0) is 30.1. The first-order chi connectivity index (χ1) is 20.9. The number of benzene rings is 3. The molecule has 2 N–H and O–H groups in total. The van der Waals surface area contributed by atoms with Crippen LogP contribution in [0.3, 0.4) is 0 Å². The molecular formula is C35H33N5O3. The summed E-state index contributed by atoms with van der Waals surface area (Å²) in [5.41, 5.74) is 10.7. The minimum absolute atomic E-state index is 0.0838. The Hall–Kier alpha value is -5.24. The number of carbonyl (C=O) groups is 3. The first-order valence-corrected chi connectivity index (χ1v) is 14.4. The van der Waals surface area contributed by atoms with Crippen molar-refractivity contribution in [2.24, 2.45) is 13.0 Å². The molecule has 8 nitrogen and oxygen atoms in total. The fourth-order valence-electron chi connectivity index (χ4n) is 6.15. The van der Waals surface area contributed by atoms with Gasteiger partial charge in [0.25, 0.3) is 17.7 Å². The Morgan fingerprint density at radius 1 is 0.860 bits per heavy atom. The number of hydrazine groups is 1. The number of aromatic nitrogens is 2. The summed E-state index contributed by atoms with van der Waals surface area (Å²) < 4.78 is 2.16. The van der Waals surface area contributed by atoms with Crippen molar-refractivity contribution in [3.05, 3.63) is 126 Å². The van der Waals surface area contributed by atoms with E-state index >= 15 is 0 Å². The molecular weight excluding hydrogens is 538 g/mol. The van der Waals surface area contributed by atoms with Crippen LogP contribution in [0.4, 0.5) is 0 Å². The van der Waals surface area contributed by atoms with E-state index in [0.717, 1.165) is 33.3 Å². The Balaban J connectivity index is 1.49. The molecule has 2 unspecified atom stereocenters. The Bertz CT molecular complexity index is 1810. The molecule has 0 saturated heterocycles. The topological polar surface area (TPSA) is 96.3 Å². The number of carbonyl (C=O) groups excluding carboxylic acids is 3. The summed E-state index contributed by atoms with van der Waals surface area (Å²) in [5.74, 6) is -1.14. The predicted molar refractivity (Wildman–Crippen MR) is 166 cm³/mol. The zero-order valence-electron chi connectivity index (χ0n) is 24.3. The highest BCUT2D eigenvalue weighted by molar-refractivity contribution is 6.05. The SMILES string of the molecule is CC(C)CC(C(=O)NNC(=O)c1ccccn1)N1C(=O)c2ccccc2C1c1c(-c2ccccc2)n(C)c2ccccc12. The molecule has 0 spiro atoms. The summed E-state index contributed by atoms with van der Waals surface area (Å²) in [4.78, 5) is 46.7. The third-order valence-electron chi connectivity index (χ3n) is 8.00. The zero-order valence-corrected chi connectivity index (χ0v) is 24.3. The molecule has 3 aromatic carbocycles. The molecule has 43 heavy (non-hydrogen) atoms. The first-order valence-electron chi connectivity index (χ1n) is 14.4. The van der Waals surface area contributed by atoms with Crippen LogP contribution in [0.1, 0.15) is 58.3 Å². The Morgan fingerprint density at radius 2 is 1.56 bits per heavy atom. The predicted octanol–water partition coefficient (Wildman–Crippen LogP) is 5.66. The molecule has 6 rings (SSSR count). The fourth-order valence-corrected chi connectivity index (χ4v) is 6.15. The molecule has 2 atom stereocenters. The van der Waals surface area contributed by atoms with Gasteiger partial charge in [0.2, 0.25) is 0 Å². The number of para-hydroxylation sites is 1. The van der Waals surface area contributed by atoms with Crippen LogP contribution in [0.15, 0.2) is 103 Å². The van der Waals surface area contributed by atoms with Crippen LogP contribution in [-0.4, -0.2) is 38.2 Å². The Morgan fingerprint density at radius 3 is 2.30 bits per heavy atom. The van der Waals surface area contributed by atoms with Gasteiger partial charge in [0.05, 0.1) is 11.7 Å². The van der Waals surface area contributed by atoms with Crippen LogP contribution in [0.5, 0.6) is 0 Å². The Kier molecular flexibility index (Phi) is 7.50. The monoisotopic (exact) mass is 571 g/mol. The van der Waals surface area contributed by atoms with Gasteiger partial charge < -0.3 is 9.47 Å². The van der Waals surface area contributed by atoms with E-state index in [4.69, 9.17) is 0 Å². The van der Waals surface area contributed by atoms with Gasteiger partial charge >= 0.3 is 0 Å². The summed E-state index contributed by atoms with van der Waals surface area (Å²) >= 11 is 0. The maximum Gasteiger partial charge on any atom is 0.288 e. The standard InChI is InChI=1S/C35H33N5O3/c1-22(2)21-29(34(42)38-37-33(41)27-18-11-12-20-36-27)40-32(24-15-7-8-16-25(24)35(40)43)30-26-17-9-10-19-28(26)39(3)31(30)23-13-5-4-6-14-23/h4-20,22,29,32H,21H2,1-3H3,(H,37,41)(H,38,42). The molecule has 1 aliphatic heterocycles. The van der Waals surface area contributed by atoms with Crippen molar-refractivity contribution >= 4 is 28.6 Å². The molecule has 5 aromatic rings. The van der Waals surface area contributed by atoms with Crippen molar-refractivity contribution in [1.82, 2.24) is 25.3 Å². The molecule has 0 saturated carbocycles. The summed E-state index contributed by atoms with van der Waals surface area (Å²) in [6.07, 6.45) is 1.91. The van der Waals surface area contributed by atoms with Gasteiger partial charge in [0.1, 0.15) is 11.7 Å². The highest BCUT2D eigenvalue weighted by atomic mass is 16.2. The Labute approximate surface area is 250 Å². The normalized spacial score (nSPS) is 15.0. The van der Waals surface area contributed by atoms with Crippen molar-refractivity contribution in [1.29, 1.82) is 0 Å². The van der Waals surface area contributed by atoms with E-state index in [1.807, 2.05) is 75.5 Å². The maximum atomic E-state index is 14.3. The van der Waals surface area contributed by atoms with Gasteiger partial charge in [-0.15, -0.1) is 0 Å². The van der Waals surface area contributed by atoms with E-state index in [-0.39, 0.29) is 17.5 Å². The van der Waals surface area contributed by atoms with Crippen molar-refractivity contribution in [2.45, 2.75) is 32.4 Å². The number of rotatable bonds is 7. The van der Waals surface area contributed by atoms with E-state index in [1.54, 1.807) is 23.1 Å². The number of nitrogens with one attached hydrogen (secondary N) is 2. The van der Waals surface area contributed by atoms with Crippen LogP contribution in [0, 0.1) is 5.92 Å². The smallest absolute Gasteiger partial charge is 0.288 e. The third-order valence-corrected chi connectivity index (χ3v) is 8.00. The molecule has 8 heteroatoms. The van der Waals surface area contributed by atoms with E-state index in [0.29, 0.717) is 12.0 Å². The largest absolute Gasteiger partial charge is 0.343 e. The van der Waals surface area contributed by atoms with E-state index in [1.165, 1.54) is 6.20 Å². The van der Waals surface area contributed by atoms with Crippen LogP contribution in [-0.2, 0) is 11.8 Å². The minimum Gasteiger partial charge on any atom is -0.343 e. The second-order valence-electron chi connectivity index (χ2n) is 11.2. The molecule has 3 heterocycles. The molecule has 3 amide bonds. The minimum atomic E-state index is -0.864. The van der Waals surface area contributed by atoms with E-state index in [9.17, 15) is 14.4 Å². The van der Waals surface area contributed by atoms with Crippen LogP contribution in [0.25, 0.3) is 22.2 Å². The van der Waals surface area contributed by atoms with Gasteiger partial charge in [-0.1, -0.05) is 86.6 Å². The van der Waals surface area contributed by atoms with Gasteiger partial charge in [-0.2, -0.15) is 0 Å². The lowest BCUT2D eigenvalue weighted by Crippen LogP contribution is -2.54. The summed E-state index contributed by atoms with van der Waals surface area (Å²) in [6, 6.07) is 29.4. The van der Waals surface area contributed by atoms with Gasteiger partial charge in [-0.05, 0) is 47.7 Å². The van der Waals surface area contributed by atoms with Gasteiger partial charge in [-0.3, -0.25) is 30.2 Å². The van der Waals surface area contributed by atoms with Crippen molar-refractivity contribution in [3.63, 3.8) is 0 Å². The lowest BCUT2D eigenvalue weighted by atomic mass is 9.91. The molecule has 0 radical (unpaired) electrons. The van der Waals surface area contributed by atoms with Crippen molar-refractivity contribution in [2.75, 3.05) is 0 Å². The second kappa shape index (κ2) is 11.6. The molecule has 1 aliphatic rings. The number of aryl methyl sites for hydroxylation is 1. The second-order valence-corrected chi connectivity index (χ2v) is 11.2. The maximum absolute atomic E-state index is 14.3. The number of hydrogen-bond donors (Lipinski definition) is 2. The highest BCUT2D eigenvalue weighted by Crippen LogP contribution is 2.47. The highest BCUT2D eigenvalue weighted by Gasteiger charge is 2.46. The van der Waals surface area contributed by atoms with Crippen molar-refractivity contribution < 1.29 is 14.4 Å². The van der Waals surface area contributed by atoms with Crippen LogP contribution in [0.2, 0.25) is 0 Å². The summed E-state index contributed by atoms with van der Waals surface area (Å²) in [7, 11) is 2.03.